The standard InChI is InChI=1S/C13H17N3OS/c1-3-8-14-13(17)12-6-5-11(18-12)10-7-9-15-16(10)4-2/h5-7,9H,3-4,8H2,1-2H3,(H,14,17). The highest BCUT2D eigenvalue weighted by atomic mass is 32.1. The van der Waals surface area contributed by atoms with Crippen LogP contribution < -0.4 is 5.32 Å². The number of nitrogens with one attached hydrogen (secondary N) is 1. The molecule has 0 aromatic carbocycles. The maximum atomic E-state index is 11.8. The Morgan fingerprint density at radius 1 is 1.39 bits per heavy atom. The fraction of sp³-hybridized carbons (Fsp3) is 0.385. The molecule has 2 rings (SSSR count). The normalized spacial score (nSPS) is 10.6. The minimum Gasteiger partial charge on any atom is -0.351 e. The van der Waals surface area contributed by atoms with Gasteiger partial charge >= 0.3 is 0 Å². The summed E-state index contributed by atoms with van der Waals surface area (Å²) in [6.45, 7) is 5.65. The molecule has 0 fully saturated rings. The van der Waals surface area contributed by atoms with Gasteiger partial charge in [0.05, 0.1) is 15.4 Å². The molecule has 0 aliphatic carbocycles. The molecular formula is C13H17N3OS. The molecule has 0 radical (unpaired) electrons. The highest BCUT2D eigenvalue weighted by Crippen LogP contribution is 2.27. The second kappa shape index (κ2) is 5.82. The molecule has 4 nitrogen and oxygen atoms in total. The van der Waals surface area contributed by atoms with E-state index in [-0.39, 0.29) is 5.91 Å². The van der Waals surface area contributed by atoms with Gasteiger partial charge in [-0.25, -0.2) is 0 Å². The molecule has 1 N–H and O–H groups in total. The molecule has 18 heavy (non-hydrogen) atoms. The highest BCUT2D eigenvalue weighted by molar-refractivity contribution is 7.17. The molecule has 0 spiro atoms. The third-order valence-corrected chi connectivity index (χ3v) is 3.74. The molecule has 96 valence electrons. The number of hydrogen-bond donors (Lipinski definition) is 1. The zero-order valence-corrected chi connectivity index (χ0v) is 11.5. The van der Waals surface area contributed by atoms with Crippen molar-refractivity contribution >= 4 is 17.2 Å². The van der Waals surface area contributed by atoms with Crippen molar-refractivity contribution in [1.29, 1.82) is 0 Å². The van der Waals surface area contributed by atoms with Crippen LogP contribution in [0, 0.1) is 0 Å². The van der Waals surface area contributed by atoms with Crippen LogP contribution in [0.25, 0.3) is 10.6 Å². The van der Waals surface area contributed by atoms with Crippen LogP contribution >= 0.6 is 11.3 Å². The van der Waals surface area contributed by atoms with Crippen LogP contribution in [0.4, 0.5) is 0 Å². The maximum absolute atomic E-state index is 11.8. The first-order valence-corrected chi connectivity index (χ1v) is 6.98. The fourth-order valence-corrected chi connectivity index (χ4v) is 2.67. The summed E-state index contributed by atoms with van der Waals surface area (Å²) in [7, 11) is 0. The number of carbonyl (C=O) groups is 1. The number of aromatic nitrogens is 2. The van der Waals surface area contributed by atoms with Crippen molar-refractivity contribution in [2.24, 2.45) is 0 Å². The number of carbonyl (C=O) groups excluding carboxylic acids is 1. The van der Waals surface area contributed by atoms with Gasteiger partial charge < -0.3 is 5.32 Å². The molecule has 0 bridgehead atoms. The van der Waals surface area contributed by atoms with Crippen molar-refractivity contribution in [1.82, 2.24) is 15.1 Å². The summed E-state index contributed by atoms with van der Waals surface area (Å²) in [4.78, 5) is 13.6. The average Bonchev–Trinajstić information content (AvgIpc) is 3.02. The number of rotatable bonds is 5. The summed E-state index contributed by atoms with van der Waals surface area (Å²) in [5.41, 5.74) is 1.07. The van der Waals surface area contributed by atoms with E-state index in [2.05, 4.69) is 17.3 Å². The van der Waals surface area contributed by atoms with E-state index in [9.17, 15) is 4.79 Å². The van der Waals surface area contributed by atoms with Gasteiger partial charge in [0.25, 0.3) is 5.91 Å². The first-order valence-electron chi connectivity index (χ1n) is 6.16. The molecule has 2 aromatic rings. The smallest absolute Gasteiger partial charge is 0.261 e. The second-order valence-electron chi connectivity index (χ2n) is 3.95. The summed E-state index contributed by atoms with van der Waals surface area (Å²) in [5, 5.41) is 7.12. The lowest BCUT2D eigenvalue weighted by atomic mass is 10.3. The Morgan fingerprint density at radius 3 is 2.94 bits per heavy atom. The number of hydrogen-bond acceptors (Lipinski definition) is 3. The maximum Gasteiger partial charge on any atom is 0.261 e. The quantitative estimate of drug-likeness (QED) is 0.901. The van der Waals surface area contributed by atoms with Crippen molar-refractivity contribution in [3.8, 4) is 10.6 Å². The summed E-state index contributed by atoms with van der Waals surface area (Å²) in [6.07, 6.45) is 2.74. The molecule has 2 heterocycles. The van der Waals surface area contributed by atoms with Crippen molar-refractivity contribution in [3.63, 3.8) is 0 Å². The Kier molecular flexibility index (Phi) is 4.15. The van der Waals surface area contributed by atoms with E-state index in [4.69, 9.17) is 0 Å². The highest BCUT2D eigenvalue weighted by Gasteiger charge is 2.11. The third-order valence-electron chi connectivity index (χ3n) is 2.63. The minimum absolute atomic E-state index is 0.00987. The largest absolute Gasteiger partial charge is 0.351 e. The molecule has 0 aliphatic heterocycles. The number of aryl methyl sites for hydroxylation is 1. The first kappa shape index (κ1) is 12.8. The Morgan fingerprint density at radius 2 is 2.22 bits per heavy atom. The molecule has 0 unspecified atom stereocenters. The van der Waals surface area contributed by atoms with Gasteiger partial charge in [0.1, 0.15) is 0 Å². The van der Waals surface area contributed by atoms with E-state index in [0.29, 0.717) is 0 Å². The van der Waals surface area contributed by atoms with Crippen LogP contribution in [-0.4, -0.2) is 22.2 Å². The van der Waals surface area contributed by atoms with Crippen LogP contribution in [0.3, 0.4) is 0 Å². The Hall–Kier alpha value is -1.62. The van der Waals surface area contributed by atoms with Gasteiger partial charge in [-0.2, -0.15) is 5.10 Å². The van der Waals surface area contributed by atoms with Crippen molar-refractivity contribution in [2.45, 2.75) is 26.8 Å². The zero-order valence-electron chi connectivity index (χ0n) is 10.6. The Balaban J connectivity index is 2.18. The number of nitrogens with zero attached hydrogens (tertiary/aromatic N) is 2. The monoisotopic (exact) mass is 263 g/mol. The van der Waals surface area contributed by atoms with Crippen molar-refractivity contribution in [2.75, 3.05) is 6.54 Å². The predicted octanol–water partition coefficient (Wildman–Crippen LogP) is 2.77. The van der Waals surface area contributed by atoms with Gasteiger partial charge in [-0.05, 0) is 31.5 Å². The van der Waals surface area contributed by atoms with Gasteiger partial charge in [-0.1, -0.05) is 6.92 Å². The summed E-state index contributed by atoms with van der Waals surface area (Å²) in [6, 6.07) is 5.83. The van der Waals surface area contributed by atoms with E-state index in [0.717, 1.165) is 35.0 Å². The van der Waals surface area contributed by atoms with E-state index in [1.807, 2.05) is 29.8 Å². The lowest BCUT2D eigenvalue weighted by Crippen LogP contribution is -2.22. The van der Waals surface area contributed by atoms with E-state index >= 15 is 0 Å². The predicted molar refractivity (Wildman–Crippen MR) is 73.8 cm³/mol. The molecule has 0 saturated carbocycles. The van der Waals surface area contributed by atoms with Gasteiger partial charge in [-0.3, -0.25) is 9.48 Å². The lowest BCUT2D eigenvalue weighted by Gasteiger charge is -2.01. The summed E-state index contributed by atoms with van der Waals surface area (Å²) >= 11 is 1.51. The summed E-state index contributed by atoms with van der Waals surface area (Å²) in [5.74, 6) is 0.00987. The van der Waals surface area contributed by atoms with E-state index in [1.165, 1.54) is 11.3 Å². The average molecular weight is 263 g/mol. The fourth-order valence-electron chi connectivity index (χ4n) is 1.72. The Labute approximate surface area is 111 Å². The summed E-state index contributed by atoms with van der Waals surface area (Å²) < 4.78 is 1.93. The molecule has 5 heteroatoms. The van der Waals surface area contributed by atoms with Crippen LogP contribution in [-0.2, 0) is 6.54 Å². The number of amides is 1. The molecule has 2 aromatic heterocycles. The van der Waals surface area contributed by atoms with Crippen LogP contribution in [0.15, 0.2) is 24.4 Å². The van der Waals surface area contributed by atoms with Gasteiger partial charge in [-0.15, -0.1) is 11.3 Å². The SMILES string of the molecule is CCCNC(=O)c1ccc(-c2ccnn2CC)s1. The van der Waals surface area contributed by atoms with Crippen LogP contribution in [0.2, 0.25) is 0 Å². The molecule has 1 amide bonds. The third kappa shape index (κ3) is 2.61. The van der Waals surface area contributed by atoms with Crippen LogP contribution in [0.5, 0.6) is 0 Å². The topological polar surface area (TPSA) is 46.9 Å². The second-order valence-corrected chi connectivity index (χ2v) is 5.04. The molecule has 0 saturated heterocycles. The van der Waals surface area contributed by atoms with E-state index < -0.39 is 0 Å². The van der Waals surface area contributed by atoms with Gasteiger partial charge in [0.15, 0.2) is 0 Å². The number of thiophene rings is 1. The first-order chi connectivity index (χ1) is 8.76. The van der Waals surface area contributed by atoms with Gasteiger partial charge in [0, 0.05) is 19.3 Å². The van der Waals surface area contributed by atoms with Crippen molar-refractivity contribution < 1.29 is 4.79 Å². The Bertz CT molecular complexity index is 530. The zero-order chi connectivity index (χ0) is 13.0. The van der Waals surface area contributed by atoms with E-state index in [1.54, 1.807) is 6.20 Å². The lowest BCUT2D eigenvalue weighted by molar-refractivity contribution is 0.0957. The van der Waals surface area contributed by atoms with Crippen LogP contribution in [0.1, 0.15) is 29.9 Å². The minimum atomic E-state index is 0.00987. The molecule has 0 atom stereocenters. The molecular weight excluding hydrogens is 246 g/mol. The molecule has 0 aliphatic rings. The van der Waals surface area contributed by atoms with Gasteiger partial charge in [0.2, 0.25) is 0 Å². The van der Waals surface area contributed by atoms with Crippen molar-refractivity contribution in [3.05, 3.63) is 29.3 Å².